The van der Waals surface area contributed by atoms with E-state index in [1.165, 1.54) is 12.2 Å². The molecule has 0 unspecified atom stereocenters. The molecule has 7 amide bonds. The largest absolute Gasteiger partial charge is 0.469 e. The number of amides is 7. The third kappa shape index (κ3) is 17.9. The summed E-state index contributed by atoms with van der Waals surface area (Å²) < 4.78 is 27.2. The molecule has 1 aliphatic rings. The summed E-state index contributed by atoms with van der Waals surface area (Å²) >= 11 is 0. The summed E-state index contributed by atoms with van der Waals surface area (Å²) in [7, 11) is -4.17. The van der Waals surface area contributed by atoms with Crippen LogP contribution in [0.25, 0.3) is 0 Å². The van der Waals surface area contributed by atoms with Crippen LogP contribution in [0.5, 0.6) is 0 Å². The van der Waals surface area contributed by atoms with Crippen LogP contribution < -0.4 is 32.7 Å². The SMILES string of the molecule is CCC[C@@H](C)[C@@H]1OC(=O)[C@H](C(C)C)N(C)C(=O)[C@H](COP(=O)(O)O)NC(=O)[C@H]([C@H](C)C(N)=O)NC(=O)[C@@H]([C@H](C)OC(N)=O)NC(=O)[C@H](O)CNC(=O)/C=C/C=C/C[C@H](O)[C@H]1C. The molecule has 0 spiro atoms. The standard InChI is InChI=1S/C37H62N7O16P/c1-9-13-19(4)30-20(5)24(45)14-11-10-12-15-26(47)40-16-25(46)32(49)43-28(22(7)59-37(39)54)34(51)42-27(21(6)31(38)48)33(50)41-23(17-58-61(55,56)57)35(52)44(8)29(18(2)3)36(53)60-30/h10-12,15,18-25,27-30,45-46H,9,13-14,16-17H2,1-8H3,(H2,38,48)(H2,39,54)(H,40,47)(H,41,50)(H,42,51)(H,43,49)(H2,55,56,57)/b11-10+,15-12+/t19-,20-,21+,22+,23+,24+,25-,27+,28-,29+,30+/m1/s1. The van der Waals surface area contributed by atoms with Crippen molar-refractivity contribution < 1.29 is 76.9 Å². The van der Waals surface area contributed by atoms with Crippen molar-refractivity contribution in [3.8, 4) is 0 Å². The molecule has 1 aliphatic heterocycles. The molecule has 0 aromatic heterocycles. The van der Waals surface area contributed by atoms with Gasteiger partial charge in [0.25, 0.3) is 5.91 Å². The van der Waals surface area contributed by atoms with Gasteiger partial charge in [0.05, 0.1) is 25.2 Å². The number of carbonyl (C=O) groups excluding carboxylic acids is 8. The number of hydrogen-bond donors (Lipinski definition) is 10. The lowest BCUT2D eigenvalue weighted by Crippen LogP contribution is -2.63. The number of primary amides is 2. The number of rotatable bonds is 11. The van der Waals surface area contributed by atoms with Gasteiger partial charge < -0.3 is 67.1 Å². The molecule has 0 aromatic carbocycles. The molecule has 0 saturated carbocycles. The predicted octanol–water partition coefficient (Wildman–Crippen LogP) is -2.02. The van der Waals surface area contributed by atoms with Gasteiger partial charge in [-0.15, -0.1) is 0 Å². The molecular formula is C37H62N7O16P. The van der Waals surface area contributed by atoms with Gasteiger partial charge in [0.1, 0.15) is 42.5 Å². The Balaban J connectivity index is 3.94. The third-order valence-corrected chi connectivity index (χ3v) is 10.4. The molecule has 0 fully saturated rings. The van der Waals surface area contributed by atoms with Crippen LogP contribution in [0.2, 0.25) is 0 Å². The fourth-order valence-electron chi connectivity index (χ4n) is 6.38. The summed E-state index contributed by atoms with van der Waals surface area (Å²) in [6, 6.07) is -7.40. The van der Waals surface area contributed by atoms with Crippen LogP contribution in [-0.2, 0) is 52.1 Å². The average Bonchev–Trinajstić information content (AvgIpc) is 3.16. The molecule has 0 saturated heterocycles. The van der Waals surface area contributed by atoms with Crippen molar-refractivity contribution in [2.24, 2.45) is 35.1 Å². The lowest BCUT2D eigenvalue weighted by atomic mass is 9.85. The molecular weight excluding hydrogens is 829 g/mol. The van der Waals surface area contributed by atoms with Crippen LogP contribution in [0, 0.1) is 23.7 Å². The first kappa shape index (κ1) is 54.1. The van der Waals surface area contributed by atoms with Gasteiger partial charge in [0.15, 0.2) is 0 Å². The smallest absolute Gasteiger partial charge is 0.460 e. The molecule has 0 aliphatic carbocycles. The van der Waals surface area contributed by atoms with E-state index in [9.17, 15) is 62.9 Å². The van der Waals surface area contributed by atoms with Gasteiger partial charge >= 0.3 is 19.9 Å². The number of phosphoric ester groups is 1. The minimum Gasteiger partial charge on any atom is -0.460 e. The Kier molecular flexibility index (Phi) is 22.3. The van der Waals surface area contributed by atoms with Crippen LogP contribution >= 0.6 is 7.82 Å². The molecule has 0 aromatic rings. The number of likely N-dealkylation sites (N-methyl/N-ethyl adjacent to an activating group) is 1. The number of aliphatic hydroxyl groups excluding tert-OH is 2. The molecule has 1 heterocycles. The van der Waals surface area contributed by atoms with Gasteiger partial charge in [0.2, 0.25) is 29.5 Å². The summed E-state index contributed by atoms with van der Waals surface area (Å²) in [5.41, 5.74) is 10.6. The zero-order chi connectivity index (χ0) is 46.9. The van der Waals surface area contributed by atoms with Crippen LogP contribution in [0.1, 0.15) is 67.7 Å². The van der Waals surface area contributed by atoms with E-state index in [4.69, 9.17) is 20.9 Å². The number of nitrogens with two attached hydrogens (primary N) is 2. The summed E-state index contributed by atoms with van der Waals surface area (Å²) in [6.45, 7) is 8.85. The maximum Gasteiger partial charge on any atom is 0.469 e. The molecule has 0 bridgehead atoms. The van der Waals surface area contributed by atoms with Crippen molar-refractivity contribution in [3.05, 3.63) is 24.3 Å². The van der Waals surface area contributed by atoms with Gasteiger partial charge in [-0.25, -0.2) is 14.2 Å². The Hall–Kier alpha value is -4.93. The van der Waals surface area contributed by atoms with Crippen LogP contribution in [0.3, 0.4) is 0 Å². The highest BCUT2D eigenvalue weighted by Crippen LogP contribution is 2.36. The van der Waals surface area contributed by atoms with Crippen molar-refractivity contribution in [3.63, 3.8) is 0 Å². The number of ether oxygens (including phenoxy) is 2. The first-order chi connectivity index (χ1) is 28.2. The van der Waals surface area contributed by atoms with Crippen LogP contribution in [0.15, 0.2) is 24.3 Å². The minimum absolute atomic E-state index is 0.0495. The number of nitrogens with zero attached hydrogens (tertiary/aromatic N) is 1. The second-order valence-electron chi connectivity index (χ2n) is 15.2. The second-order valence-corrected chi connectivity index (χ2v) is 16.4. The Morgan fingerprint density at radius 3 is 2.08 bits per heavy atom. The van der Waals surface area contributed by atoms with Crippen LogP contribution in [-0.4, -0.2) is 141 Å². The Morgan fingerprint density at radius 2 is 1.54 bits per heavy atom. The van der Waals surface area contributed by atoms with Crippen molar-refractivity contribution in [2.75, 3.05) is 20.2 Å². The third-order valence-electron chi connectivity index (χ3n) is 9.87. The second kappa shape index (κ2) is 25.1. The molecule has 23 nitrogen and oxygen atoms in total. The number of carbonyl (C=O) groups is 8. The molecule has 1 rings (SSSR count). The topological polar surface area (TPSA) is 366 Å². The summed E-state index contributed by atoms with van der Waals surface area (Å²) in [6.07, 6.45) is -0.290. The van der Waals surface area contributed by atoms with E-state index in [1.54, 1.807) is 26.8 Å². The quantitative estimate of drug-likeness (QED) is 0.0790. The average molecular weight is 892 g/mol. The number of esters is 1. The minimum atomic E-state index is -5.33. The van der Waals surface area contributed by atoms with E-state index in [2.05, 4.69) is 25.8 Å². The fraction of sp³-hybridized carbons (Fsp3) is 0.676. The Morgan fingerprint density at radius 1 is 0.951 bits per heavy atom. The number of allylic oxidation sites excluding steroid dienone is 2. The van der Waals surface area contributed by atoms with E-state index < -0.39 is 135 Å². The highest BCUT2D eigenvalue weighted by molar-refractivity contribution is 7.46. The van der Waals surface area contributed by atoms with Gasteiger partial charge in [-0.1, -0.05) is 66.2 Å². The van der Waals surface area contributed by atoms with E-state index in [-0.39, 0.29) is 12.3 Å². The molecule has 11 atom stereocenters. The number of cyclic esters (lactones) is 1. The summed E-state index contributed by atoms with van der Waals surface area (Å²) in [4.78, 5) is 125. The van der Waals surface area contributed by atoms with E-state index in [0.29, 0.717) is 12.8 Å². The van der Waals surface area contributed by atoms with Crippen molar-refractivity contribution in [2.45, 2.75) is 116 Å². The van der Waals surface area contributed by atoms with Crippen molar-refractivity contribution in [1.82, 2.24) is 26.2 Å². The highest BCUT2D eigenvalue weighted by Gasteiger charge is 2.42. The molecule has 12 N–H and O–H groups in total. The van der Waals surface area contributed by atoms with Gasteiger partial charge in [-0.2, -0.15) is 0 Å². The number of nitrogens with one attached hydrogen (secondary N) is 4. The summed E-state index contributed by atoms with van der Waals surface area (Å²) in [5, 5.41) is 30.4. The fourth-order valence-corrected chi connectivity index (χ4v) is 6.72. The van der Waals surface area contributed by atoms with E-state index in [0.717, 1.165) is 31.9 Å². The monoisotopic (exact) mass is 891 g/mol. The lowest BCUT2D eigenvalue weighted by molar-refractivity contribution is -0.169. The molecule has 61 heavy (non-hydrogen) atoms. The number of aliphatic hydroxyl groups is 2. The van der Waals surface area contributed by atoms with Gasteiger partial charge in [0, 0.05) is 19.0 Å². The first-order valence-corrected chi connectivity index (χ1v) is 21.1. The summed E-state index contributed by atoms with van der Waals surface area (Å²) in [5.74, 6) is -11.2. The lowest BCUT2D eigenvalue weighted by Gasteiger charge is -2.37. The van der Waals surface area contributed by atoms with E-state index >= 15 is 0 Å². The predicted molar refractivity (Wildman–Crippen MR) is 215 cm³/mol. The zero-order valence-corrected chi connectivity index (χ0v) is 36.4. The van der Waals surface area contributed by atoms with Crippen LogP contribution in [0.4, 0.5) is 4.79 Å². The molecule has 24 heteroatoms. The Labute approximate surface area is 353 Å². The maximum atomic E-state index is 14.1. The molecule has 0 radical (unpaired) electrons. The maximum absolute atomic E-state index is 14.1. The Bertz CT molecular complexity index is 1670. The number of β-amino-alcohol motifs (C(OH)–C–C–N with tert-alkyl or cyclic N) is 1. The van der Waals surface area contributed by atoms with Crippen molar-refractivity contribution >= 4 is 55.3 Å². The number of hydrogen-bond acceptors (Lipinski definition) is 14. The van der Waals surface area contributed by atoms with Gasteiger partial charge in [-0.3, -0.25) is 33.3 Å². The zero-order valence-electron chi connectivity index (χ0n) is 35.5. The molecule has 346 valence electrons. The first-order valence-electron chi connectivity index (χ1n) is 19.5. The van der Waals surface area contributed by atoms with E-state index in [1.807, 2.05) is 13.8 Å². The normalized spacial score (nSPS) is 28.8. The number of phosphoric acid groups is 1. The highest BCUT2D eigenvalue weighted by atomic mass is 31.2. The van der Waals surface area contributed by atoms with Gasteiger partial charge in [-0.05, 0) is 31.6 Å². The van der Waals surface area contributed by atoms with Crippen molar-refractivity contribution in [1.29, 1.82) is 0 Å².